The lowest BCUT2D eigenvalue weighted by atomic mass is 10.1. The normalized spacial score (nSPS) is 10.4. The first-order valence-electron chi connectivity index (χ1n) is 5.78. The Morgan fingerprint density at radius 3 is 2.78 bits per heavy atom. The van der Waals surface area contributed by atoms with Crippen molar-refractivity contribution in [2.75, 3.05) is 11.9 Å². The molecule has 0 radical (unpaired) electrons. The highest BCUT2D eigenvalue weighted by atomic mass is 19.1. The number of anilines is 1. The van der Waals surface area contributed by atoms with Crippen molar-refractivity contribution in [1.29, 1.82) is 0 Å². The molecule has 94 valence electrons. The quantitative estimate of drug-likeness (QED) is 0.898. The molecule has 1 aromatic carbocycles. The van der Waals surface area contributed by atoms with Gasteiger partial charge in [0.1, 0.15) is 5.82 Å². The number of aromatic nitrogens is 1. The molecule has 2 aromatic rings. The van der Waals surface area contributed by atoms with Gasteiger partial charge >= 0.3 is 0 Å². The second kappa shape index (κ2) is 5.60. The molecule has 0 aliphatic rings. The fourth-order valence-electron chi connectivity index (χ4n) is 1.83. The number of nitrogens with zero attached hydrogens (tertiary/aromatic N) is 2. The number of halogens is 1. The van der Waals surface area contributed by atoms with Crippen molar-refractivity contribution >= 4 is 5.69 Å². The monoisotopic (exact) mass is 245 g/mol. The van der Waals surface area contributed by atoms with Gasteiger partial charge in [0, 0.05) is 38.2 Å². The summed E-state index contributed by atoms with van der Waals surface area (Å²) in [6.07, 6.45) is 3.54. The van der Waals surface area contributed by atoms with Crippen LogP contribution in [0.15, 0.2) is 42.7 Å². The fourth-order valence-corrected chi connectivity index (χ4v) is 1.83. The molecule has 0 aliphatic heterocycles. The van der Waals surface area contributed by atoms with Gasteiger partial charge < -0.3 is 10.6 Å². The molecule has 2 N–H and O–H groups in total. The van der Waals surface area contributed by atoms with Crippen LogP contribution in [0.5, 0.6) is 0 Å². The maximum atomic E-state index is 13.4. The lowest BCUT2D eigenvalue weighted by molar-refractivity contribution is 0.624. The van der Waals surface area contributed by atoms with Crippen LogP contribution in [0.4, 0.5) is 10.1 Å². The number of nitrogens with two attached hydrogens (primary N) is 1. The van der Waals surface area contributed by atoms with Crippen molar-refractivity contribution in [1.82, 2.24) is 4.98 Å². The molecule has 0 spiro atoms. The Hall–Kier alpha value is -1.94. The van der Waals surface area contributed by atoms with E-state index in [2.05, 4.69) is 4.98 Å². The van der Waals surface area contributed by atoms with Gasteiger partial charge in [-0.25, -0.2) is 4.39 Å². The minimum absolute atomic E-state index is 0.258. The largest absolute Gasteiger partial charge is 0.370 e. The van der Waals surface area contributed by atoms with Crippen LogP contribution in [0, 0.1) is 5.82 Å². The van der Waals surface area contributed by atoms with Crippen LogP contribution in [0.3, 0.4) is 0 Å². The summed E-state index contributed by atoms with van der Waals surface area (Å²) >= 11 is 0. The molecule has 0 aliphatic carbocycles. The molecule has 0 saturated heterocycles. The van der Waals surface area contributed by atoms with Crippen molar-refractivity contribution in [2.45, 2.75) is 13.1 Å². The molecule has 0 saturated carbocycles. The Balaban J connectivity index is 2.18. The lowest BCUT2D eigenvalue weighted by Gasteiger charge is -2.20. The van der Waals surface area contributed by atoms with E-state index in [4.69, 9.17) is 5.73 Å². The average molecular weight is 245 g/mol. The smallest absolute Gasteiger partial charge is 0.125 e. The van der Waals surface area contributed by atoms with Gasteiger partial charge in [-0.1, -0.05) is 6.07 Å². The van der Waals surface area contributed by atoms with Gasteiger partial charge in [0.25, 0.3) is 0 Å². The molecular weight excluding hydrogens is 229 g/mol. The first-order valence-corrected chi connectivity index (χ1v) is 5.78. The first kappa shape index (κ1) is 12.5. The Morgan fingerprint density at radius 2 is 2.11 bits per heavy atom. The third kappa shape index (κ3) is 3.05. The zero-order valence-corrected chi connectivity index (χ0v) is 10.3. The van der Waals surface area contributed by atoms with Crippen LogP contribution < -0.4 is 10.6 Å². The van der Waals surface area contributed by atoms with E-state index >= 15 is 0 Å². The number of hydrogen-bond acceptors (Lipinski definition) is 3. The Labute approximate surface area is 106 Å². The van der Waals surface area contributed by atoms with Crippen molar-refractivity contribution in [3.05, 3.63) is 59.7 Å². The summed E-state index contributed by atoms with van der Waals surface area (Å²) < 4.78 is 13.4. The molecule has 0 fully saturated rings. The van der Waals surface area contributed by atoms with E-state index in [0.29, 0.717) is 13.1 Å². The number of hydrogen-bond donors (Lipinski definition) is 1. The summed E-state index contributed by atoms with van der Waals surface area (Å²) in [7, 11) is 1.92. The minimum atomic E-state index is -0.258. The molecule has 0 unspecified atom stereocenters. The zero-order chi connectivity index (χ0) is 13.0. The standard InChI is InChI=1S/C14H16FN3/c1-18(10-11-3-2-4-17-9-11)14-6-12(8-16)5-13(15)7-14/h2-7,9H,8,10,16H2,1H3. The average Bonchev–Trinajstić information content (AvgIpc) is 2.39. The van der Waals surface area contributed by atoms with Gasteiger partial charge in [-0.05, 0) is 35.4 Å². The Bertz CT molecular complexity index is 514. The van der Waals surface area contributed by atoms with Crippen molar-refractivity contribution in [3.8, 4) is 0 Å². The van der Waals surface area contributed by atoms with Gasteiger partial charge in [0.15, 0.2) is 0 Å². The number of pyridine rings is 1. The molecule has 1 heterocycles. The third-order valence-electron chi connectivity index (χ3n) is 2.76. The van der Waals surface area contributed by atoms with Crippen LogP contribution in [0.1, 0.15) is 11.1 Å². The van der Waals surface area contributed by atoms with Crippen LogP contribution in [0.2, 0.25) is 0 Å². The lowest BCUT2D eigenvalue weighted by Crippen LogP contribution is -2.17. The van der Waals surface area contributed by atoms with Crippen molar-refractivity contribution in [2.24, 2.45) is 5.73 Å². The predicted molar refractivity (Wildman–Crippen MR) is 70.6 cm³/mol. The molecule has 1 aromatic heterocycles. The van der Waals surface area contributed by atoms with E-state index in [9.17, 15) is 4.39 Å². The van der Waals surface area contributed by atoms with E-state index in [-0.39, 0.29) is 5.82 Å². The van der Waals surface area contributed by atoms with E-state index in [1.807, 2.05) is 30.1 Å². The summed E-state index contributed by atoms with van der Waals surface area (Å²) in [5, 5.41) is 0. The summed E-state index contributed by atoms with van der Waals surface area (Å²) in [6, 6.07) is 8.75. The summed E-state index contributed by atoms with van der Waals surface area (Å²) in [5.74, 6) is -0.258. The van der Waals surface area contributed by atoms with Gasteiger partial charge in [-0.2, -0.15) is 0 Å². The molecule has 0 atom stereocenters. The van der Waals surface area contributed by atoms with Gasteiger partial charge in [-0.15, -0.1) is 0 Å². The molecule has 2 rings (SSSR count). The summed E-state index contributed by atoms with van der Waals surface area (Å²) in [6.45, 7) is 1.02. The Kier molecular flexibility index (Phi) is 3.89. The minimum Gasteiger partial charge on any atom is -0.370 e. The van der Waals surface area contributed by atoms with E-state index in [1.54, 1.807) is 12.4 Å². The second-order valence-electron chi connectivity index (χ2n) is 4.24. The van der Waals surface area contributed by atoms with Crippen molar-refractivity contribution in [3.63, 3.8) is 0 Å². The van der Waals surface area contributed by atoms with Crippen LogP contribution in [-0.2, 0) is 13.1 Å². The molecule has 4 heteroatoms. The molecule has 0 amide bonds. The maximum absolute atomic E-state index is 13.4. The second-order valence-corrected chi connectivity index (χ2v) is 4.24. The Morgan fingerprint density at radius 1 is 1.28 bits per heavy atom. The maximum Gasteiger partial charge on any atom is 0.125 e. The molecule has 18 heavy (non-hydrogen) atoms. The molecule has 0 bridgehead atoms. The van der Waals surface area contributed by atoms with Gasteiger partial charge in [0.05, 0.1) is 0 Å². The van der Waals surface area contributed by atoms with Gasteiger partial charge in [-0.3, -0.25) is 4.98 Å². The summed E-state index contributed by atoms with van der Waals surface area (Å²) in [5.41, 5.74) is 8.24. The van der Waals surface area contributed by atoms with Crippen LogP contribution in [-0.4, -0.2) is 12.0 Å². The van der Waals surface area contributed by atoms with Crippen LogP contribution >= 0.6 is 0 Å². The highest BCUT2D eigenvalue weighted by molar-refractivity contribution is 5.48. The van der Waals surface area contributed by atoms with Crippen LogP contribution in [0.25, 0.3) is 0 Å². The number of benzene rings is 1. The SMILES string of the molecule is CN(Cc1cccnc1)c1cc(F)cc(CN)c1. The first-order chi connectivity index (χ1) is 8.69. The van der Waals surface area contributed by atoms with Crippen molar-refractivity contribution < 1.29 is 4.39 Å². The third-order valence-corrected chi connectivity index (χ3v) is 2.76. The van der Waals surface area contributed by atoms with Gasteiger partial charge in [0.2, 0.25) is 0 Å². The zero-order valence-electron chi connectivity index (χ0n) is 10.3. The predicted octanol–water partition coefficient (Wildman–Crippen LogP) is 2.32. The fraction of sp³-hybridized carbons (Fsp3) is 0.214. The summed E-state index contributed by atoms with van der Waals surface area (Å²) in [4.78, 5) is 6.03. The van der Waals surface area contributed by atoms with E-state index in [0.717, 1.165) is 16.8 Å². The topological polar surface area (TPSA) is 42.2 Å². The highest BCUT2D eigenvalue weighted by Gasteiger charge is 2.05. The molecule has 3 nitrogen and oxygen atoms in total. The van der Waals surface area contributed by atoms with E-state index in [1.165, 1.54) is 12.1 Å². The highest BCUT2D eigenvalue weighted by Crippen LogP contribution is 2.19. The number of rotatable bonds is 4. The van der Waals surface area contributed by atoms with E-state index < -0.39 is 0 Å². The molecular formula is C14H16FN3.